The van der Waals surface area contributed by atoms with Crippen molar-refractivity contribution in [2.75, 3.05) is 18.0 Å². The Hall–Kier alpha value is -1.55. The van der Waals surface area contributed by atoms with Crippen molar-refractivity contribution in [1.29, 1.82) is 0 Å². The highest BCUT2D eigenvalue weighted by Gasteiger charge is 2.31. The van der Waals surface area contributed by atoms with E-state index in [0.717, 1.165) is 18.7 Å². The minimum absolute atomic E-state index is 0.0333. The maximum atomic E-state index is 12.1. The van der Waals surface area contributed by atoms with E-state index in [0.29, 0.717) is 12.6 Å². The molecule has 2 unspecified atom stereocenters. The van der Waals surface area contributed by atoms with E-state index in [1.165, 1.54) is 11.1 Å². The summed E-state index contributed by atoms with van der Waals surface area (Å²) in [7, 11) is 0. The van der Waals surface area contributed by atoms with Crippen molar-refractivity contribution in [2.24, 2.45) is 5.73 Å². The monoisotopic (exact) mass is 261 g/mol. The van der Waals surface area contributed by atoms with Crippen molar-refractivity contribution in [3.63, 3.8) is 0 Å². The SMILES string of the molecule is Cc1cc(C)cc(N2C(C)CCNC(=O)C2CN)c1. The molecule has 19 heavy (non-hydrogen) atoms. The van der Waals surface area contributed by atoms with Crippen LogP contribution in [-0.4, -0.2) is 31.1 Å². The third-order valence-corrected chi connectivity index (χ3v) is 3.70. The van der Waals surface area contributed by atoms with Gasteiger partial charge in [-0.1, -0.05) is 6.07 Å². The zero-order valence-corrected chi connectivity index (χ0v) is 11.9. The van der Waals surface area contributed by atoms with Gasteiger partial charge in [-0.15, -0.1) is 0 Å². The van der Waals surface area contributed by atoms with Gasteiger partial charge in [0, 0.05) is 24.8 Å². The zero-order valence-electron chi connectivity index (χ0n) is 11.9. The van der Waals surface area contributed by atoms with Gasteiger partial charge in [0.1, 0.15) is 6.04 Å². The Labute approximate surface area is 115 Å². The number of carbonyl (C=O) groups excluding carboxylic acids is 1. The van der Waals surface area contributed by atoms with Crippen LogP contribution in [0.1, 0.15) is 24.5 Å². The molecule has 4 heteroatoms. The first-order valence-corrected chi connectivity index (χ1v) is 6.87. The minimum atomic E-state index is -0.279. The highest BCUT2D eigenvalue weighted by Crippen LogP contribution is 2.25. The Morgan fingerprint density at radius 3 is 2.53 bits per heavy atom. The normalized spacial score (nSPS) is 24.0. The van der Waals surface area contributed by atoms with Crippen molar-refractivity contribution >= 4 is 11.6 Å². The van der Waals surface area contributed by atoms with Crippen molar-refractivity contribution < 1.29 is 4.79 Å². The summed E-state index contributed by atoms with van der Waals surface area (Å²) >= 11 is 0. The Bertz CT molecular complexity index is 452. The van der Waals surface area contributed by atoms with E-state index in [1.54, 1.807) is 0 Å². The smallest absolute Gasteiger partial charge is 0.244 e. The lowest BCUT2D eigenvalue weighted by molar-refractivity contribution is -0.121. The van der Waals surface area contributed by atoms with Gasteiger partial charge in [0.15, 0.2) is 0 Å². The van der Waals surface area contributed by atoms with Crippen LogP contribution in [0.2, 0.25) is 0 Å². The second-order valence-corrected chi connectivity index (χ2v) is 5.43. The number of benzene rings is 1. The Morgan fingerprint density at radius 1 is 1.32 bits per heavy atom. The summed E-state index contributed by atoms with van der Waals surface area (Å²) in [5, 5.41) is 2.94. The average Bonchev–Trinajstić information content (AvgIpc) is 2.46. The van der Waals surface area contributed by atoms with Crippen LogP contribution in [0.4, 0.5) is 5.69 Å². The van der Waals surface area contributed by atoms with E-state index in [4.69, 9.17) is 5.73 Å². The summed E-state index contributed by atoms with van der Waals surface area (Å²) in [6, 6.07) is 6.42. The molecule has 0 spiro atoms. The number of nitrogens with one attached hydrogen (secondary N) is 1. The van der Waals surface area contributed by atoms with Gasteiger partial charge in [-0.25, -0.2) is 0 Å². The van der Waals surface area contributed by atoms with E-state index in [9.17, 15) is 4.79 Å². The summed E-state index contributed by atoms with van der Waals surface area (Å²) in [4.78, 5) is 14.3. The molecule has 1 aliphatic rings. The quantitative estimate of drug-likeness (QED) is 0.845. The highest BCUT2D eigenvalue weighted by atomic mass is 16.2. The van der Waals surface area contributed by atoms with E-state index < -0.39 is 0 Å². The molecule has 1 amide bonds. The number of aryl methyl sites for hydroxylation is 2. The van der Waals surface area contributed by atoms with Crippen LogP contribution >= 0.6 is 0 Å². The number of nitrogens with two attached hydrogens (primary N) is 1. The Kier molecular flexibility index (Phi) is 4.10. The maximum absolute atomic E-state index is 12.1. The fourth-order valence-electron chi connectivity index (χ4n) is 2.85. The molecule has 1 fully saturated rings. The molecule has 1 aliphatic heterocycles. The summed E-state index contributed by atoms with van der Waals surface area (Å²) in [6.45, 7) is 7.37. The van der Waals surface area contributed by atoms with Crippen molar-refractivity contribution in [2.45, 2.75) is 39.3 Å². The number of amides is 1. The first-order valence-electron chi connectivity index (χ1n) is 6.87. The third kappa shape index (κ3) is 2.89. The Morgan fingerprint density at radius 2 is 1.95 bits per heavy atom. The lowest BCUT2D eigenvalue weighted by atomic mass is 10.1. The number of hydrogen-bond donors (Lipinski definition) is 2. The molecule has 1 aromatic carbocycles. The second-order valence-electron chi connectivity index (χ2n) is 5.43. The maximum Gasteiger partial charge on any atom is 0.244 e. The molecule has 1 saturated heterocycles. The van der Waals surface area contributed by atoms with Crippen LogP contribution < -0.4 is 16.0 Å². The predicted molar refractivity (Wildman–Crippen MR) is 78.3 cm³/mol. The zero-order chi connectivity index (χ0) is 14.0. The third-order valence-electron chi connectivity index (χ3n) is 3.70. The van der Waals surface area contributed by atoms with Gasteiger partial charge in [0.05, 0.1) is 0 Å². The van der Waals surface area contributed by atoms with Crippen LogP contribution in [0, 0.1) is 13.8 Å². The largest absolute Gasteiger partial charge is 0.356 e. The number of hydrogen-bond acceptors (Lipinski definition) is 3. The molecule has 2 rings (SSSR count). The molecular formula is C15H23N3O. The van der Waals surface area contributed by atoms with Crippen molar-refractivity contribution in [3.05, 3.63) is 29.3 Å². The first-order chi connectivity index (χ1) is 9.02. The van der Waals surface area contributed by atoms with Gasteiger partial charge >= 0.3 is 0 Å². The van der Waals surface area contributed by atoms with Gasteiger partial charge in [-0.05, 0) is 50.5 Å². The summed E-state index contributed by atoms with van der Waals surface area (Å²) in [5.74, 6) is 0.0333. The van der Waals surface area contributed by atoms with Crippen molar-refractivity contribution in [1.82, 2.24) is 5.32 Å². The molecule has 0 saturated carbocycles. The van der Waals surface area contributed by atoms with Crippen LogP contribution in [0.3, 0.4) is 0 Å². The summed E-state index contributed by atoms with van der Waals surface area (Å²) < 4.78 is 0. The molecule has 104 valence electrons. The molecule has 4 nitrogen and oxygen atoms in total. The number of nitrogens with zero attached hydrogens (tertiary/aromatic N) is 1. The molecule has 0 radical (unpaired) electrons. The van der Waals surface area contributed by atoms with Gasteiger partial charge < -0.3 is 16.0 Å². The minimum Gasteiger partial charge on any atom is -0.356 e. The van der Waals surface area contributed by atoms with E-state index in [1.807, 2.05) is 0 Å². The second kappa shape index (κ2) is 5.61. The number of anilines is 1. The molecule has 1 aromatic rings. The van der Waals surface area contributed by atoms with Crippen LogP contribution in [-0.2, 0) is 4.79 Å². The number of rotatable bonds is 2. The lowest BCUT2D eigenvalue weighted by Gasteiger charge is -2.35. The fraction of sp³-hybridized carbons (Fsp3) is 0.533. The molecule has 3 N–H and O–H groups in total. The molecule has 1 heterocycles. The Balaban J connectivity index is 2.43. The van der Waals surface area contributed by atoms with Crippen LogP contribution in [0.25, 0.3) is 0 Å². The van der Waals surface area contributed by atoms with Gasteiger partial charge in [-0.2, -0.15) is 0 Å². The van der Waals surface area contributed by atoms with E-state index in [2.05, 4.69) is 49.2 Å². The molecular weight excluding hydrogens is 238 g/mol. The molecule has 0 aromatic heterocycles. The van der Waals surface area contributed by atoms with Crippen LogP contribution in [0.15, 0.2) is 18.2 Å². The number of carbonyl (C=O) groups is 1. The van der Waals surface area contributed by atoms with E-state index in [-0.39, 0.29) is 11.9 Å². The van der Waals surface area contributed by atoms with Gasteiger partial charge in [0.25, 0.3) is 0 Å². The standard InChI is InChI=1S/C15H23N3O/c1-10-6-11(2)8-13(7-10)18-12(3)4-5-17-15(19)14(18)9-16/h6-8,12,14H,4-5,9,16H2,1-3H3,(H,17,19). The topological polar surface area (TPSA) is 58.4 Å². The van der Waals surface area contributed by atoms with Gasteiger partial charge in [-0.3, -0.25) is 4.79 Å². The lowest BCUT2D eigenvalue weighted by Crippen LogP contribution is -2.51. The first kappa shape index (κ1) is 13.9. The average molecular weight is 261 g/mol. The highest BCUT2D eigenvalue weighted by molar-refractivity contribution is 5.86. The van der Waals surface area contributed by atoms with Crippen molar-refractivity contribution in [3.8, 4) is 0 Å². The van der Waals surface area contributed by atoms with Crippen LogP contribution in [0.5, 0.6) is 0 Å². The summed E-state index contributed by atoms with van der Waals surface area (Å²) in [6.07, 6.45) is 0.940. The molecule has 0 aliphatic carbocycles. The summed E-state index contributed by atoms with van der Waals surface area (Å²) in [5.41, 5.74) is 9.34. The van der Waals surface area contributed by atoms with Gasteiger partial charge in [0.2, 0.25) is 5.91 Å². The predicted octanol–water partition coefficient (Wildman–Crippen LogP) is 1.35. The van der Waals surface area contributed by atoms with E-state index >= 15 is 0 Å². The molecule has 2 atom stereocenters. The fourth-order valence-corrected chi connectivity index (χ4v) is 2.85. The molecule has 0 bridgehead atoms.